The highest BCUT2D eigenvalue weighted by molar-refractivity contribution is 7.09. The summed E-state index contributed by atoms with van der Waals surface area (Å²) >= 11 is 6.15. The first-order valence-corrected chi connectivity index (χ1v) is 3.22. The van der Waals surface area contributed by atoms with Crippen LogP contribution < -0.4 is 0 Å². The molecule has 0 fully saturated rings. The molecule has 1 aromatic rings. The molecule has 1 rings (SSSR count). The van der Waals surface area contributed by atoms with E-state index in [1.54, 1.807) is 0 Å². The fourth-order valence-corrected chi connectivity index (χ4v) is 0.917. The van der Waals surface area contributed by atoms with Gasteiger partial charge in [0.05, 0.1) is 5.88 Å². The van der Waals surface area contributed by atoms with Gasteiger partial charge in [-0.1, -0.05) is 11.3 Å². The fourth-order valence-electron chi connectivity index (χ4n) is 0.287. The second-order valence-electron chi connectivity index (χ2n) is 1.08. The van der Waals surface area contributed by atoms with E-state index in [2.05, 4.69) is 10.2 Å². The summed E-state index contributed by atoms with van der Waals surface area (Å²) in [6, 6.07) is 0. The monoisotopic (exact) mass is 152 g/mol. The molecule has 1 aromatic heterocycles. The molecule has 0 amide bonds. The summed E-state index contributed by atoms with van der Waals surface area (Å²) in [7, 11) is 0. The van der Waals surface area contributed by atoms with Crippen LogP contribution in [0.3, 0.4) is 0 Å². The zero-order chi connectivity index (χ0) is 5.98. The Morgan fingerprint density at radius 1 is 1.62 bits per heavy atom. The van der Waals surface area contributed by atoms with E-state index in [-0.39, 0.29) is 5.88 Å². The molecule has 0 bridgehead atoms. The van der Waals surface area contributed by atoms with Gasteiger partial charge in [-0.25, -0.2) is 0 Å². The first-order chi connectivity index (χ1) is 3.83. The Morgan fingerprint density at radius 3 is 2.62 bits per heavy atom. The van der Waals surface area contributed by atoms with Crippen molar-refractivity contribution in [2.45, 2.75) is 5.88 Å². The Labute approximate surface area is 54.3 Å². The predicted molar refractivity (Wildman–Crippen MR) is 29.4 cm³/mol. The van der Waals surface area contributed by atoms with Crippen molar-refractivity contribution >= 4 is 22.9 Å². The Hall–Kier alpha value is -0.220. The summed E-state index contributed by atoms with van der Waals surface area (Å²) in [5, 5.41) is 6.49. The van der Waals surface area contributed by atoms with Crippen LogP contribution in [0.4, 0.5) is 4.39 Å². The van der Waals surface area contributed by atoms with Crippen LogP contribution in [-0.4, -0.2) is 10.2 Å². The van der Waals surface area contributed by atoms with Crippen LogP contribution in [-0.2, 0) is 5.88 Å². The molecule has 0 saturated heterocycles. The van der Waals surface area contributed by atoms with Gasteiger partial charge in [0.1, 0.15) is 5.01 Å². The molecule has 0 aliphatic heterocycles. The van der Waals surface area contributed by atoms with Gasteiger partial charge in [-0.2, -0.15) is 4.39 Å². The highest BCUT2D eigenvalue weighted by Crippen LogP contribution is 2.08. The fraction of sp³-hybridized carbons (Fsp3) is 0.333. The first kappa shape index (κ1) is 5.91. The van der Waals surface area contributed by atoms with E-state index < -0.39 is 5.26 Å². The minimum absolute atomic E-state index is 0.238. The minimum Gasteiger partial charge on any atom is -0.171 e. The topological polar surface area (TPSA) is 25.8 Å². The van der Waals surface area contributed by atoms with E-state index in [1.807, 2.05) is 0 Å². The first-order valence-electron chi connectivity index (χ1n) is 1.87. The Kier molecular flexibility index (Phi) is 1.75. The van der Waals surface area contributed by atoms with E-state index in [0.29, 0.717) is 5.01 Å². The maximum Gasteiger partial charge on any atom is 0.289 e. The van der Waals surface area contributed by atoms with Crippen LogP contribution in [0.15, 0.2) is 0 Å². The predicted octanol–water partition coefficient (Wildman–Crippen LogP) is 1.42. The molecule has 0 aliphatic rings. The summed E-state index contributed by atoms with van der Waals surface area (Å²) < 4.78 is 11.9. The molecule has 0 spiro atoms. The van der Waals surface area contributed by atoms with E-state index in [0.717, 1.165) is 11.3 Å². The molecule has 0 aromatic carbocycles. The SMILES string of the molecule is Fc1nnc(CCl)s1. The lowest BCUT2D eigenvalue weighted by Gasteiger charge is -1.72. The molecule has 1 heterocycles. The van der Waals surface area contributed by atoms with Crippen molar-refractivity contribution in [2.24, 2.45) is 0 Å². The van der Waals surface area contributed by atoms with Gasteiger partial charge >= 0.3 is 0 Å². The summed E-state index contributed by atoms with van der Waals surface area (Å²) in [5.41, 5.74) is 0. The van der Waals surface area contributed by atoms with E-state index in [9.17, 15) is 4.39 Å². The van der Waals surface area contributed by atoms with Gasteiger partial charge in [0, 0.05) is 0 Å². The van der Waals surface area contributed by atoms with E-state index in [4.69, 9.17) is 11.6 Å². The molecule has 0 saturated carbocycles. The van der Waals surface area contributed by atoms with Crippen molar-refractivity contribution in [2.75, 3.05) is 0 Å². The highest BCUT2D eigenvalue weighted by Gasteiger charge is 1.98. The summed E-state index contributed by atoms with van der Waals surface area (Å²) in [6.45, 7) is 0. The lowest BCUT2D eigenvalue weighted by Crippen LogP contribution is -1.73. The van der Waals surface area contributed by atoms with Crippen LogP contribution in [0.2, 0.25) is 0 Å². The maximum absolute atomic E-state index is 11.9. The van der Waals surface area contributed by atoms with Crippen LogP contribution in [0.5, 0.6) is 0 Å². The number of rotatable bonds is 1. The smallest absolute Gasteiger partial charge is 0.171 e. The summed E-state index contributed by atoms with van der Waals surface area (Å²) in [4.78, 5) is 0. The number of hydrogen-bond acceptors (Lipinski definition) is 3. The van der Waals surface area contributed by atoms with E-state index in [1.165, 1.54) is 0 Å². The lowest BCUT2D eigenvalue weighted by molar-refractivity contribution is 0.600. The van der Waals surface area contributed by atoms with Crippen molar-refractivity contribution in [1.29, 1.82) is 0 Å². The van der Waals surface area contributed by atoms with Crippen LogP contribution >= 0.6 is 22.9 Å². The molecule has 2 nitrogen and oxygen atoms in total. The Bertz CT molecular complexity index is 178. The van der Waals surface area contributed by atoms with Crippen LogP contribution in [0.1, 0.15) is 5.01 Å². The molecule has 0 atom stereocenters. The number of halogens is 2. The van der Waals surface area contributed by atoms with Crippen LogP contribution in [0, 0.1) is 5.26 Å². The molecular weight excluding hydrogens is 151 g/mol. The van der Waals surface area contributed by atoms with Gasteiger partial charge in [0.2, 0.25) is 0 Å². The molecule has 0 unspecified atom stereocenters. The highest BCUT2D eigenvalue weighted by atomic mass is 35.5. The third kappa shape index (κ3) is 1.14. The Morgan fingerprint density at radius 2 is 2.38 bits per heavy atom. The zero-order valence-corrected chi connectivity index (χ0v) is 5.34. The van der Waals surface area contributed by atoms with Gasteiger partial charge in [-0.15, -0.1) is 21.8 Å². The zero-order valence-electron chi connectivity index (χ0n) is 3.77. The van der Waals surface area contributed by atoms with Gasteiger partial charge < -0.3 is 0 Å². The quantitative estimate of drug-likeness (QED) is 0.569. The lowest BCUT2D eigenvalue weighted by atomic mass is 10.9. The third-order valence-electron chi connectivity index (χ3n) is 0.557. The van der Waals surface area contributed by atoms with Crippen molar-refractivity contribution in [1.82, 2.24) is 10.2 Å². The average molecular weight is 153 g/mol. The second-order valence-corrected chi connectivity index (χ2v) is 2.36. The second kappa shape index (κ2) is 2.37. The largest absolute Gasteiger partial charge is 0.289 e. The van der Waals surface area contributed by atoms with Crippen molar-refractivity contribution in [3.8, 4) is 0 Å². The van der Waals surface area contributed by atoms with Gasteiger partial charge in [-0.05, 0) is 0 Å². The number of alkyl halides is 1. The number of hydrogen-bond donors (Lipinski definition) is 0. The van der Waals surface area contributed by atoms with Crippen molar-refractivity contribution < 1.29 is 4.39 Å². The molecule has 5 heteroatoms. The van der Waals surface area contributed by atoms with E-state index >= 15 is 0 Å². The molecule has 0 N–H and O–H groups in total. The van der Waals surface area contributed by atoms with Gasteiger partial charge in [0.15, 0.2) is 0 Å². The maximum atomic E-state index is 11.9. The Balaban J connectivity index is 2.84. The summed E-state index contributed by atoms with van der Waals surface area (Å²) in [6.07, 6.45) is 0. The standard InChI is InChI=1S/C3H2ClFN2S/c4-1-2-6-7-3(5)8-2/h1H2. The van der Waals surface area contributed by atoms with Crippen molar-refractivity contribution in [3.05, 3.63) is 10.3 Å². The normalized spacial score (nSPS) is 9.75. The summed E-state index contributed by atoms with van der Waals surface area (Å²) in [5.74, 6) is 0.238. The molecule has 0 radical (unpaired) electrons. The molecule has 44 valence electrons. The number of nitrogens with zero attached hydrogens (tertiary/aromatic N) is 2. The van der Waals surface area contributed by atoms with Crippen LogP contribution in [0.25, 0.3) is 0 Å². The number of aromatic nitrogens is 2. The minimum atomic E-state index is -0.527. The van der Waals surface area contributed by atoms with Gasteiger partial charge in [0.25, 0.3) is 5.26 Å². The van der Waals surface area contributed by atoms with Crippen molar-refractivity contribution in [3.63, 3.8) is 0 Å². The molecule has 0 aliphatic carbocycles. The third-order valence-corrected chi connectivity index (χ3v) is 1.68. The average Bonchev–Trinajstić information content (AvgIpc) is 2.14. The molecule has 8 heavy (non-hydrogen) atoms. The molecular formula is C3H2ClFN2S. The van der Waals surface area contributed by atoms with Gasteiger partial charge in [-0.3, -0.25) is 0 Å².